The highest BCUT2D eigenvalue weighted by molar-refractivity contribution is 5.90. The van der Waals surface area contributed by atoms with Gasteiger partial charge in [0.15, 0.2) is 0 Å². The summed E-state index contributed by atoms with van der Waals surface area (Å²) in [6, 6.07) is -1.38. The molecule has 2 amide bonds. The number of hydrogen-bond donors (Lipinski definition) is 2. The van der Waals surface area contributed by atoms with Crippen molar-refractivity contribution in [1.29, 1.82) is 0 Å². The van der Waals surface area contributed by atoms with Crippen LogP contribution in [-0.2, 0) is 19.1 Å². The Kier molecular flexibility index (Phi) is 7.79. The van der Waals surface area contributed by atoms with Crippen LogP contribution in [0.1, 0.15) is 41.0 Å². The maximum atomic E-state index is 11.8. The summed E-state index contributed by atoms with van der Waals surface area (Å²) in [5, 5.41) is 5.07. The van der Waals surface area contributed by atoms with Gasteiger partial charge in [0.05, 0.1) is 6.61 Å². The van der Waals surface area contributed by atoms with Gasteiger partial charge in [-0.15, -0.1) is 0 Å². The molecule has 0 unspecified atom stereocenters. The van der Waals surface area contributed by atoms with Gasteiger partial charge in [-0.2, -0.15) is 0 Å². The summed E-state index contributed by atoms with van der Waals surface area (Å²) in [7, 11) is 0. The summed E-state index contributed by atoms with van der Waals surface area (Å²) in [5.41, 5.74) is 0. The third kappa shape index (κ3) is 6.79. The number of hydrogen-bond acceptors (Lipinski definition) is 4. The highest BCUT2D eigenvalue weighted by Gasteiger charge is 2.27. The van der Waals surface area contributed by atoms with Gasteiger partial charge in [0, 0.05) is 6.92 Å². The van der Waals surface area contributed by atoms with Gasteiger partial charge in [0.2, 0.25) is 11.8 Å². The third-order valence-corrected chi connectivity index (χ3v) is 2.48. The van der Waals surface area contributed by atoms with Crippen LogP contribution >= 0.6 is 0 Å². The minimum Gasteiger partial charge on any atom is -0.464 e. The van der Waals surface area contributed by atoms with Crippen LogP contribution in [-0.4, -0.2) is 36.5 Å². The lowest BCUT2D eigenvalue weighted by Gasteiger charge is -2.22. The van der Waals surface area contributed by atoms with Crippen molar-refractivity contribution in [2.45, 2.75) is 53.1 Å². The molecule has 0 spiro atoms. The maximum Gasteiger partial charge on any atom is 0.328 e. The third-order valence-electron chi connectivity index (χ3n) is 2.48. The van der Waals surface area contributed by atoms with E-state index in [1.54, 1.807) is 6.92 Å². The first kappa shape index (κ1) is 17.4. The topological polar surface area (TPSA) is 84.5 Å². The molecule has 0 saturated heterocycles. The van der Waals surface area contributed by atoms with E-state index >= 15 is 0 Å². The molecular formula is C13H24N2O4. The van der Waals surface area contributed by atoms with E-state index in [0.29, 0.717) is 6.61 Å². The Morgan fingerprint density at radius 2 is 1.68 bits per heavy atom. The monoisotopic (exact) mass is 272 g/mol. The lowest BCUT2D eigenvalue weighted by Crippen LogP contribution is -2.52. The Hall–Kier alpha value is -1.59. The quantitative estimate of drug-likeness (QED) is 0.665. The van der Waals surface area contributed by atoms with Gasteiger partial charge < -0.3 is 15.4 Å². The van der Waals surface area contributed by atoms with Crippen LogP contribution in [0.3, 0.4) is 0 Å². The van der Waals surface area contributed by atoms with E-state index in [2.05, 4.69) is 10.6 Å². The molecule has 0 aromatic heterocycles. The van der Waals surface area contributed by atoms with Crippen LogP contribution in [0.25, 0.3) is 0 Å². The predicted molar refractivity (Wildman–Crippen MR) is 71.3 cm³/mol. The first-order valence-electron chi connectivity index (χ1n) is 6.53. The summed E-state index contributed by atoms with van der Waals surface area (Å²) < 4.78 is 5.04. The molecule has 0 heterocycles. The lowest BCUT2D eigenvalue weighted by atomic mass is 10.0. The second-order valence-electron chi connectivity index (χ2n) is 4.82. The molecule has 0 fully saturated rings. The summed E-state index contributed by atoms with van der Waals surface area (Å²) in [4.78, 5) is 34.5. The summed E-state index contributed by atoms with van der Waals surface area (Å²) >= 11 is 0. The Labute approximate surface area is 114 Å². The Morgan fingerprint density at radius 3 is 2.11 bits per heavy atom. The van der Waals surface area contributed by atoms with Crippen molar-refractivity contribution >= 4 is 17.8 Å². The molecule has 0 aromatic carbocycles. The molecule has 6 nitrogen and oxygen atoms in total. The zero-order chi connectivity index (χ0) is 15.0. The van der Waals surface area contributed by atoms with Crippen molar-refractivity contribution in [2.24, 2.45) is 5.92 Å². The molecular weight excluding hydrogens is 248 g/mol. The fourth-order valence-electron chi connectivity index (χ4n) is 1.44. The smallest absolute Gasteiger partial charge is 0.328 e. The molecule has 0 saturated carbocycles. The molecule has 110 valence electrons. The van der Waals surface area contributed by atoms with Gasteiger partial charge in [-0.1, -0.05) is 20.8 Å². The van der Waals surface area contributed by atoms with Crippen molar-refractivity contribution in [2.75, 3.05) is 6.61 Å². The molecule has 0 aliphatic rings. The van der Waals surface area contributed by atoms with Crippen molar-refractivity contribution in [1.82, 2.24) is 10.6 Å². The van der Waals surface area contributed by atoms with Crippen molar-refractivity contribution in [3.8, 4) is 0 Å². The van der Waals surface area contributed by atoms with Gasteiger partial charge in [-0.25, -0.2) is 4.79 Å². The summed E-state index contributed by atoms with van der Waals surface area (Å²) in [6.07, 6.45) is 0.729. The normalized spacial score (nSPS) is 13.6. The second-order valence-corrected chi connectivity index (χ2v) is 4.82. The fraction of sp³-hybridized carbons (Fsp3) is 0.769. The number of esters is 1. The number of rotatable bonds is 7. The number of carbonyl (C=O) groups is 3. The van der Waals surface area contributed by atoms with E-state index in [9.17, 15) is 14.4 Å². The Morgan fingerprint density at radius 1 is 1.11 bits per heavy atom. The maximum absolute atomic E-state index is 11.8. The number of ether oxygens (including phenoxy) is 1. The van der Waals surface area contributed by atoms with Crippen molar-refractivity contribution < 1.29 is 19.1 Å². The Balaban J connectivity index is 4.53. The zero-order valence-corrected chi connectivity index (χ0v) is 12.3. The van der Waals surface area contributed by atoms with Gasteiger partial charge in [-0.05, 0) is 19.3 Å². The van der Waals surface area contributed by atoms with E-state index in [0.717, 1.165) is 6.42 Å². The fourth-order valence-corrected chi connectivity index (χ4v) is 1.44. The van der Waals surface area contributed by atoms with E-state index in [4.69, 9.17) is 4.74 Å². The predicted octanol–water partition coefficient (Wildman–Crippen LogP) is 0.605. The Bertz CT molecular complexity index is 329. The largest absolute Gasteiger partial charge is 0.464 e. The highest BCUT2D eigenvalue weighted by Crippen LogP contribution is 2.05. The SMILES string of the molecule is CCCOC(=O)[C@H](NC(=O)[C@H](C)NC(C)=O)C(C)C. The van der Waals surface area contributed by atoms with E-state index in [1.165, 1.54) is 6.92 Å². The van der Waals surface area contributed by atoms with Crippen molar-refractivity contribution in [3.05, 3.63) is 0 Å². The van der Waals surface area contributed by atoms with Crippen LogP contribution in [0.2, 0.25) is 0 Å². The van der Waals surface area contributed by atoms with E-state index in [1.807, 2.05) is 20.8 Å². The van der Waals surface area contributed by atoms with Crippen LogP contribution < -0.4 is 10.6 Å². The number of nitrogens with one attached hydrogen (secondary N) is 2. The first-order chi connectivity index (χ1) is 8.79. The molecule has 19 heavy (non-hydrogen) atoms. The minimum atomic E-state index is -0.699. The van der Waals surface area contributed by atoms with Crippen LogP contribution in [0, 0.1) is 5.92 Å². The van der Waals surface area contributed by atoms with Crippen molar-refractivity contribution in [3.63, 3.8) is 0 Å². The first-order valence-corrected chi connectivity index (χ1v) is 6.53. The molecule has 0 radical (unpaired) electrons. The molecule has 6 heteroatoms. The molecule has 0 aliphatic carbocycles. The van der Waals surface area contributed by atoms with Crippen LogP contribution in [0.15, 0.2) is 0 Å². The van der Waals surface area contributed by atoms with Gasteiger partial charge >= 0.3 is 5.97 Å². The molecule has 2 atom stereocenters. The van der Waals surface area contributed by atoms with Crippen LogP contribution in [0.5, 0.6) is 0 Å². The molecule has 0 rings (SSSR count). The summed E-state index contributed by atoms with van der Waals surface area (Å²) in [5.74, 6) is -1.22. The average molecular weight is 272 g/mol. The molecule has 0 bridgehead atoms. The average Bonchev–Trinajstić information content (AvgIpc) is 2.31. The lowest BCUT2D eigenvalue weighted by molar-refractivity contribution is -0.149. The van der Waals surface area contributed by atoms with E-state index in [-0.39, 0.29) is 11.8 Å². The molecule has 0 aromatic rings. The second kappa shape index (κ2) is 8.50. The van der Waals surface area contributed by atoms with Crippen LogP contribution in [0.4, 0.5) is 0 Å². The number of amides is 2. The standard InChI is InChI=1S/C13H24N2O4/c1-6-7-19-13(18)11(8(2)3)15-12(17)9(4)14-10(5)16/h8-9,11H,6-7H2,1-5H3,(H,14,16)(H,15,17)/t9-,11+/m0/s1. The number of carbonyl (C=O) groups excluding carboxylic acids is 3. The van der Waals surface area contributed by atoms with Gasteiger partial charge in [0.1, 0.15) is 12.1 Å². The zero-order valence-electron chi connectivity index (χ0n) is 12.3. The molecule has 0 aliphatic heterocycles. The molecule has 2 N–H and O–H groups in total. The van der Waals surface area contributed by atoms with Gasteiger partial charge in [0.25, 0.3) is 0 Å². The van der Waals surface area contributed by atoms with Gasteiger partial charge in [-0.3, -0.25) is 9.59 Å². The van der Waals surface area contributed by atoms with E-state index < -0.39 is 24.0 Å². The summed E-state index contributed by atoms with van der Waals surface area (Å²) in [6.45, 7) is 8.77. The minimum absolute atomic E-state index is 0.0853. The highest BCUT2D eigenvalue weighted by atomic mass is 16.5.